The Balaban J connectivity index is 1.54. The zero-order chi connectivity index (χ0) is 17.1. The number of nitrogens with zero attached hydrogens (tertiary/aromatic N) is 3. The van der Waals surface area contributed by atoms with Crippen molar-refractivity contribution in [1.82, 2.24) is 20.0 Å². The monoisotopic (exact) mass is 338 g/mol. The van der Waals surface area contributed by atoms with Crippen LogP contribution in [0.3, 0.4) is 0 Å². The van der Waals surface area contributed by atoms with Gasteiger partial charge in [0.1, 0.15) is 0 Å². The normalized spacial score (nSPS) is 32.4. The second kappa shape index (κ2) is 7.80. The summed E-state index contributed by atoms with van der Waals surface area (Å²) in [7, 11) is 0. The Morgan fingerprint density at radius 2 is 2.00 bits per heavy atom. The molecule has 0 saturated carbocycles. The van der Waals surface area contributed by atoms with Crippen molar-refractivity contribution >= 4 is 11.8 Å². The number of morpholine rings is 1. The Morgan fingerprint density at radius 3 is 2.71 bits per heavy atom. The van der Waals surface area contributed by atoms with Crippen LogP contribution in [0, 0.1) is 0 Å². The molecule has 3 aliphatic rings. The highest BCUT2D eigenvalue weighted by Crippen LogP contribution is 2.21. The largest absolute Gasteiger partial charge is 0.373 e. The number of hydrogen-bond acceptors (Lipinski definition) is 5. The summed E-state index contributed by atoms with van der Waals surface area (Å²) in [5.41, 5.74) is 0. The molecule has 0 aromatic carbocycles. The van der Waals surface area contributed by atoms with Crippen LogP contribution in [-0.4, -0.2) is 97.1 Å². The molecule has 0 aliphatic carbocycles. The molecule has 3 heterocycles. The first-order valence-corrected chi connectivity index (χ1v) is 9.18. The van der Waals surface area contributed by atoms with Gasteiger partial charge in [-0.2, -0.15) is 0 Å². The van der Waals surface area contributed by atoms with Crippen LogP contribution in [0.15, 0.2) is 0 Å². The highest BCUT2D eigenvalue weighted by atomic mass is 16.5. The number of carbonyl (C=O) groups is 2. The van der Waals surface area contributed by atoms with Gasteiger partial charge in [0, 0.05) is 45.3 Å². The van der Waals surface area contributed by atoms with Gasteiger partial charge in [-0.1, -0.05) is 0 Å². The van der Waals surface area contributed by atoms with E-state index in [1.807, 2.05) is 4.90 Å². The first-order chi connectivity index (χ1) is 11.5. The van der Waals surface area contributed by atoms with Gasteiger partial charge in [-0.25, -0.2) is 0 Å². The SMILES string of the molecule is C[C@@H]1CN(C[C@H]2CCCN2C(=O)CN2CCNCC2=O)C[C@@H](C)O1. The summed E-state index contributed by atoms with van der Waals surface area (Å²) in [4.78, 5) is 30.7. The predicted molar refractivity (Wildman–Crippen MR) is 90.6 cm³/mol. The summed E-state index contributed by atoms with van der Waals surface area (Å²) in [6.07, 6.45) is 2.61. The zero-order valence-corrected chi connectivity index (χ0v) is 14.9. The Hall–Kier alpha value is -1.18. The fourth-order valence-electron chi connectivity index (χ4n) is 4.15. The van der Waals surface area contributed by atoms with Crippen molar-refractivity contribution in [1.29, 1.82) is 0 Å². The Bertz CT molecular complexity index is 463. The van der Waals surface area contributed by atoms with Gasteiger partial charge in [0.15, 0.2) is 0 Å². The van der Waals surface area contributed by atoms with Crippen LogP contribution < -0.4 is 5.32 Å². The van der Waals surface area contributed by atoms with Gasteiger partial charge >= 0.3 is 0 Å². The fourth-order valence-corrected chi connectivity index (χ4v) is 4.15. The lowest BCUT2D eigenvalue weighted by Gasteiger charge is -2.38. The van der Waals surface area contributed by atoms with E-state index in [9.17, 15) is 9.59 Å². The Morgan fingerprint density at radius 1 is 1.25 bits per heavy atom. The number of likely N-dealkylation sites (tertiary alicyclic amines) is 1. The minimum absolute atomic E-state index is 0.0289. The van der Waals surface area contributed by atoms with E-state index >= 15 is 0 Å². The first kappa shape index (κ1) is 17.6. The maximum absolute atomic E-state index is 12.7. The number of carbonyl (C=O) groups excluding carboxylic acids is 2. The van der Waals surface area contributed by atoms with Gasteiger partial charge in [0.2, 0.25) is 11.8 Å². The maximum Gasteiger partial charge on any atom is 0.242 e. The molecule has 3 fully saturated rings. The molecule has 136 valence electrons. The van der Waals surface area contributed by atoms with E-state index < -0.39 is 0 Å². The van der Waals surface area contributed by atoms with Crippen molar-refractivity contribution < 1.29 is 14.3 Å². The molecule has 1 N–H and O–H groups in total. The Labute approximate surface area is 144 Å². The first-order valence-electron chi connectivity index (χ1n) is 9.18. The standard InChI is InChI=1S/C17H30N4O3/c1-13-9-19(10-14(2)24-13)11-15-4-3-6-21(15)17(23)12-20-7-5-18-8-16(20)22/h13-15,18H,3-12H2,1-2H3/t13-,14-,15-/m1/s1. The van der Waals surface area contributed by atoms with Crippen LogP contribution in [-0.2, 0) is 14.3 Å². The smallest absolute Gasteiger partial charge is 0.242 e. The highest BCUT2D eigenvalue weighted by molar-refractivity contribution is 5.86. The van der Waals surface area contributed by atoms with Gasteiger partial charge < -0.3 is 19.9 Å². The lowest BCUT2D eigenvalue weighted by atomic mass is 10.1. The third-order valence-electron chi connectivity index (χ3n) is 5.18. The number of rotatable bonds is 4. The summed E-state index contributed by atoms with van der Waals surface area (Å²) in [5.74, 6) is 0.128. The van der Waals surface area contributed by atoms with Gasteiger partial charge in [0.05, 0.1) is 25.3 Å². The molecule has 7 nitrogen and oxygen atoms in total. The molecule has 0 unspecified atom stereocenters. The molecule has 3 aliphatic heterocycles. The number of hydrogen-bond donors (Lipinski definition) is 1. The third-order valence-corrected chi connectivity index (χ3v) is 5.18. The van der Waals surface area contributed by atoms with E-state index in [4.69, 9.17) is 4.74 Å². The summed E-state index contributed by atoms with van der Waals surface area (Å²) < 4.78 is 5.80. The van der Waals surface area contributed by atoms with E-state index in [0.29, 0.717) is 13.1 Å². The minimum Gasteiger partial charge on any atom is -0.373 e. The molecule has 2 amide bonds. The molecule has 0 aromatic rings. The summed E-state index contributed by atoms with van der Waals surface area (Å²) in [6.45, 7) is 9.78. The third kappa shape index (κ3) is 4.26. The van der Waals surface area contributed by atoms with E-state index in [2.05, 4.69) is 24.1 Å². The van der Waals surface area contributed by atoms with Crippen LogP contribution in [0.1, 0.15) is 26.7 Å². The zero-order valence-electron chi connectivity index (χ0n) is 14.9. The number of amides is 2. The van der Waals surface area contributed by atoms with Gasteiger partial charge in [-0.05, 0) is 26.7 Å². The number of ether oxygens (including phenoxy) is 1. The van der Waals surface area contributed by atoms with Gasteiger partial charge in [0.25, 0.3) is 0 Å². The summed E-state index contributed by atoms with van der Waals surface area (Å²) in [6, 6.07) is 0.271. The average Bonchev–Trinajstić information content (AvgIpc) is 2.96. The number of piperazine rings is 1. The second-order valence-electron chi connectivity index (χ2n) is 7.35. The van der Waals surface area contributed by atoms with Crippen molar-refractivity contribution in [2.24, 2.45) is 0 Å². The van der Waals surface area contributed by atoms with E-state index in [-0.39, 0.29) is 36.6 Å². The molecule has 0 bridgehead atoms. The maximum atomic E-state index is 12.7. The molecule has 0 aromatic heterocycles. The molecule has 0 radical (unpaired) electrons. The molecule has 0 spiro atoms. The molecular formula is C17H30N4O3. The van der Waals surface area contributed by atoms with Crippen LogP contribution in [0.4, 0.5) is 0 Å². The molecule has 7 heteroatoms. The fraction of sp³-hybridized carbons (Fsp3) is 0.882. The predicted octanol–water partition coefficient (Wildman–Crippen LogP) is -0.482. The minimum atomic E-state index is 0.0289. The van der Waals surface area contributed by atoms with Crippen LogP contribution in [0.25, 0.3) is 0 Å². The van der Waals surface area contributed by atoms with Gasteiger partial charge in [-0.3, -0.25) is 14.5 Å². The van der Waals surface area contributed by atoms with Crippen molar-refractivity contribution in [3.05, 3.63) is 0 Å². The lowest BCUT2D eigenvalue weighted by Crippen LogP contribution is -2.54. The summed E-state index contributed by atoms with van der Waals surface area (Å²) >= 11 is 0. The average molecular weight is 338 g/mol. The molecule has 3 rings (SSSR count). The topological polar surface area (TPSA) is 65.1 Å². The summed E-state index contributed by atoms with van der Waals surface area (Å²) in [5, 5.41) is 3.04. The van der Waals surface area contributed by atoms with Crippen molar-refractivity contribution in [3.63, 3.8) is 0 Å². The van der Waals surface area contributed by atoms with Crippen molar-refractivity contribution in [3.8, 4) is 0 Å². The van der Waals surface area contributed by atoms with Crippen molar-refractivity contribution in [2.75, 3.05) is 52.4 Å². The molecule has 24 heavy (non-hydrogen) atoms. The van der Waals surface area contributed by atoms with Crippen LogP contribution in [0.2, 0.25) is 0 Å². The second-order valence-corrected chi connectivity index (χ2v) is 7.35. The van der Waals surface area contributed by atoms with Crippen molar-refractivity contribution in [2.45, 2.75) is 44.9 Å². The molecule has 3 atom stereocenters. The highest BCUT2D eigenvalue weighted by Gasteiger charge is 2.33. The quantitative estimate of drug-likeness (QED) is 0.750. The van der Waals surface area contributed by atoms with E-state index in [0.717, 1.165) is 45.6 Å². The lowest BCUT2D eigenvalue weighted by molar-refractivity contribution is -0.142. The van der Waals surface area contributed by atoms with Gasteiger partial charge in [-0.15, -0.1) is 0 Å². The molecular weight excluding hydrogens is 308 g/mol. The van der Waals surface area contributed by atoms with E-state index in [1.165, 1.54) is 0 Å². The number of nitrogens with one attached hydrogen (secondary N) is 1. The van der Waals surface area contributed by atoms with Crippen LogP contribution in [0.5, 0.6) is 0 Å². The Kier molecular flexibility index (Phi) is 5.73. The van der Waals surface area contributed by atoms with E-state index in [1.54, 1.807) is 4.90 Å². The molecule has 3 saturated heterocycles. The van der Waals surface area contributed by atoms with Crippen LogP contribution >= 0.6 is 0 Å².